The number of rotatable bonds is 4. The highest BCUT2D eigenvalue weighted by atomic mass is 16.5. The van der Waals surface area contributed by atoms with Crippen LogP contribution in [-0.2, 0) is 0 Å². The van der Waals surface area contributed by atoms with Gasteiger partial charge in [0.15, 0.2) is 0 Å². The largest absolute Gasteiger partial charge is 0.497 e. The van der Waals surface area contributed by atoms with Gasteiger partial charge in [0, 0.05) is 38.3 Å². The number of carbonyl (C=O) groups excluding carboxylic acids is 1. The first-order valence-electron chi connectivity index (χ1n) is 9.07. The summed E-state index contributed by atoms with van der Waals surface area (Å²) in [5.74, 6) is 3.35. The van der Waals surface area contributed by atoms with Crippen molar-refractivity contribution in [3.05, 3.63) is 42.0 Å². The lowest BCUT2D eigenvalue weighted by atomic mass is 9.93. The summed E-state index contributed by atoms with van der Waals surface area (Å²) in [5, 5.41) is 0. The lowest BCUT2D eigenvalue weighted by molar-refractivity contribution is 0.0610. The molecule has 4 nitrogen and oxygen atoms in total. The molecule has 1 saturated carbocycles. The summed E-state index contributed by atoms with van der Waals surface area (Å²) in [5.41, 5.74) is 0.723. The van der Waals surface area contributed by atoms with Crippen LogP contribution in [0.3, 0.4) is 0 Å². The van der Waals surface area contributed by atoms with Crippen LogP contribution in [0, 0.1) is 17.8 Å². The maximum Gasteiger partial charge on any atom is 0.254 e. The van der Waals surface area contributed by atoms with E-state index in [2.05, 4.69) is 17.1 Å². The third-order valence-electron chi connectivity index (χ3n) is 5.89. The first-order chi connectivity index (χ1) is 11.7. The minimum Gasteiger partial charge on any atom is -0.497 e. The Kier molecular flexibility index (Phi) is 4.31. The summed E-state index contributed by atoms with van der Waals surface area (Å²) in [6, 6.07) is 7.46. The van der Waals surface area contributed by atoms with Crippen LogP contribution in [0.25, 0.3) is 0 Å². The van der Waals surface area contributed by atoms with Gasteiger partial charge >= 0.3 is 0 Å². The maximum atomic E-state index is 12.7. The van der Waals surface area contributed by atoms with E-state index in [1.165, 1.54) is 19.4 Å². The van der Waals surface area contributed by atoms with Gasteiger partial charge in [-0.1, -0.05) is 18.2 Å². The van der Waals surface area contributed by atoms with Gasteiger partial charge in [-0.15, -0.1) is 0 Å². The molecule has 4 heteroatoms. The lowest BCUT2D eigenvalue weighted by Crippen LogP contribution is -2.50. The number of benzene rings is 1. The van der Waals surface area contributed by atoms with Gasteiger partial charge < -0.3 is 9.64 Å². The highest BCUT2D eigenvalue weighted by Gasteiger charge is 2.36. The van der Waals surface area contributed by atoms with Crippen LogP contribution in [-0.4, -0.2) is 55.5 Å². The standard InChI is InChI=1S/C20H26N2O2/c1-24-19-4-2-3-17(13-19)20(23)22-9-7-21(8-10-22)14-18-12-15-5-6-16(18)11-15/h2-6,13,15-16,18H,7-12,14H2,1H3/t15-,16-,18+/m1/s1. The van der Waals surface area contributed by atoms with Crippen molar-refractivity contribution in [3.63, 3.8) is 0 Å². The zero-order chi connectivity index (χ0) is 16.5. The molecule has 1 saturated heterocycles. The van der Waals surface area contributed by atoms with E-state index in [9.17, 15) is 4.79 Å². The SMILES string of the molecule is COc1cccc(C(=O)N2CCN(C[C@@H]3C[C@@H]4C=C[C@@H]3C4)CC2)c1. The van der Waals surface area contributed by atoms with E-state index in [0.29, 0.717) is 0 Å². The fraction of sp³-hybridized carbons (Fsp3) is 0.550. The highest BCUT2D eigenvalue weighted by molar-refractivity contribution is 5.94. The molecule has 1 aliphatic heterocycles. The Morgan fingerprint density at radius 1 is 1.17 bits per heavy atom. The first kappa shape index (κ1) is 15.7. The Labute approximate surface area is 144 Å². The van der Waals surface area contributed by atoms with Gasteiger partial charge in [0.05, 0.1) is 7.11 Å². The predicted molar refractivity (Wildman–Crippen MR) is 94.2 cm³/mol. The molecule has 2 bridgehead atoms. The zero-order valence-electron chi connectivity index (χ0n) is 14.4. The van der Waals surface area contributed by atoms with Crippen molar-refractivity contribution in [2.24, 2.45) is 17.8 Å². The minimum absolute atomic E-state index is 0.122. The number of hydrogen-bond donors (Lipinski definition) is 0. The Morgan fingerprint density at radius 3 is 2.67 bits per heavy atom. The molecule has 0 unspecified atom stereocenters. The van der Waals surface area contributed by atoms with Crippen molar-refractivity contribution in [1.29, 1.82) is 0 Å². The fourth-order valence-electron chi connectivity index (χ4n) is 4.51. The van der Waals surface area contributed by atoms with E-state index >= 15 is 0 Å². The molecule has 2 aliphatic carbocycles. The van der Waals surface area contributed by atoms with E-state index in [0.717, 1.165) is 55.2 Å². The van der Waals surface area contributed by atoms with Crippen LogP contribution in [0.1, 0.15) is 23.2 Å². The number of nitrogens with zero attached hydrogens (tertiary/aromatic N) is 2. The summed E-state index contributed by atoms with van der Waals surface area (Å²) < 4.78 is 5.22. The molecule has 0 spiro atoms. The number of allylic oxidation sites excluding steroid dienone is 2. The topological polar surface area (TPSA) is 32.8 Å². The summed E-state index contributed by atoms with van der Waals surface area (Å²) >= 11 is 0. The summed E-state index contributed by atoms with van der Waals surface area (Å²) in [6.45, 7) is 4.84. The number of methoxy groups -OCH3 is 1. The highest BCUT2D eigenvalue weighted by Crippen LogP contribution is 2.43. The molecule has 0 radical (unpaired) electrons. The van der Waals surface area contributed by atoms with Crippen molar-refractivity contribution < 1.29 is 9.53 Å². The second kappa shape index (κ2) is 6.60. The Morgan fingerprint density at radius 2 is 2.00 bits per heavy atom. The molecule has 1 aromatic rings. The van der Waals surface area contributed by atoms with Crippen LogP contribution >= 0.6 is 0 Å². The van der Waals surface area contributed by atoms with E-state index in [4.69, 9.17) is 4.74 Å². The molecule has 0 N–H and O–H groups in total. The van der Waals surface area contributed by atoms with Gasteiger partial charge in [-0.3, -0.25) is 9.69 Å². The number of ether oxygens (including phenoxy) is 1. The van der Waals surface area contributed by atoms with Crippen LogP contribution in [0.2, 0.25) is 0 Å². The minimum atomic E-state index is 0.122. The maximum absolute atomic E-state index is 12.7. The number of fused-ring (bicyclic) bond motifs is 2. The monoisotopic (exact) mass is 326 g/mol. The second-order valence-corrected chi connectivity index (χ2v) is 7.37. The van der Waals surface area contributed by atoms with Gasteiger partial charge in [0.2, 0.25) is 0 Å². The van der Waals surface area contributed by atoms with Crippen molar-refractivity contribution in [1.82, 2.24) is 9.80 Å². The zero-order valence-corrected chi connectivity index (χ0v) is 14.4. The van der Waals surface area contributed by atoms with Gasteiger partial charge in [-0.2, -0.15) is 0 Å². The molecule has 3 atom stereocenters. The lowest BCUT2D eigenvalue weighted by Gasteiger charge is -2.37. The number of hydrogen-bond acceptors (Lipinski definition) is 3. The third-order valence-corrected chi connectivity index (χ3v) is 5.89. The van der Waals surface area contributed by atoms with E-state index < -0.39 is 0 Å². The Balaban J connectivity index is 1.31. The van der Waals surface area contributed by atoms with Crippen LogP contribution in [0.15, 0.2) is 36.4 Å². The van der Waals surface area contributed by atoms with Crippen molar-refractivity contribution in [2.75, 3.05) is 39.8 Å². The smallest absolute Gasteiger partial charge is 0.254 e. The average molecular weight is 326 g/mol. The summed E-state index contributed by atoms with van der Waals surface area (Å²) in [6.07, 6.45) is 7.58. The molecule has 0 aromatic heterocycles. The molecule has 1 aromatic carbocycles. The third kappa shape index (κ3) is 3.07. The van der Waals surface area contributed by atoms with Gasteiger partial charge in [-0.25, -0.2) is 0 Å². The van der Waals surface area contributed by atoms with Crippen LogP contribution in [0.4, 0.5) is 0 Å². The number of amides is 1. The molecule has 4 rings (SSSR count). The van der Waals surface area contributed by atoms with E-state index in [-0.39, 0.29) is 5.91 Å². The van der Waals surface area contributed by atoms with Gasteiger partial charge in [0.25, 0.3) is 5.91 Å². The van der Waals surface area contributed by atoms with E-state index in [1.807, 2.05) is 29.2 Å². The van der Waals surface area contributed by atoms with Crippen molar-refractivity contribution in [3.8, 4) is 5.75 Å². The van der Waals surface area contributed by atoms with Crippen molar-refractivity contribution in [2.45, 2.75) is 12.8 Å². The normalized spacial score (nSPS) is 29.2. The molecular weight excluding hydrogens is 300 g/mol. The first-order valence-corrected chi connectivity index (χ1v) is 9.07. The van der Waals surface area contributed by atoms with E-state index in [1.54, 1.807) is 7.11 Å². The molecular formula is C20H26N2O2. The Bertz CT molecular complexity index is 634. The Hall–Kier alpha value is -1.81. The number of carbonyl (C=O) groups is 1. The predicted octanol–water partition coefficient (Wildman–Crippen LogP) is 2.67. The second-order valence-electron chi connectivity index (χ2n) is 7.37. The molecule has 3 aliphatic rings. The summed E-state index contributed by atoms with van der Waals surface area (Å²) in [4.78, 5) is 17.2. The van der Waals surface area contributed by atoms with Gasteiger partial charge in [-0.05, 0) is 48.8 Å². The molecule has 128 valence electrons. The molecule has 1 heterocycles. The number of piperazine rings is 1. The van der Waals surface area contributed by atoms with Crippen LogP contribution < -0.4 is 4.74 Å². The molecule has 24 heavy (non-hydrogen) atoms. The fourth-order valence-corrected chi connectivity index (χ4v) is 4.51. The summed E-state index contributed by atoms with van der Waals surface area (Å²) in [7, 11) is 1.63. The molecule has 2 fully saturated rings. The quantitative estimate of drug-likeness (QED) is 0.798. The van der Waals surface area contributed by atoms with Crippen LogP contribution in [0.5, 0.6) is 5.75 Å². The van der Waals surface area contributed by atoms with Gasteiger partial charge in [0.1, 0.15) is 5.75 Å². The molecule has 1 amide bonds. The average Bonchev–Trinajstić information content (AvgIpc) is 3.25. The van der Waals surface area contributed by atoms with Crippen molar-refractivity contribution >= 4 is 5.91 Å².